The minimum absolute atomic E-state index is 0.0360. The van der Waals surface area contributed by atoms with E-state index in [9.17, 15) is 13.2 Å². The topological polar surface area (TPSA) is 48.0 Å². The smallest absolute Gasteiger partial charge is 0.305 e. The second-order valence-electron chi connectivity index (χ2n) is 11.2. The summed E-state index contributed by atoms with van der Waals surface area (Å²) in [4.78, 5) is 4.47. The monoisotopic (exact) mass is 577 g/mol. The van der Waals surface area contributed by atoms with Gasteiger partial charge in [0.1, 0.15) is 0 Å². The highest BCUT2D eigenvalue weighted by molar-refractivity contribution is 7.98. The van der Waals surface area contributed by atoms with Gasteiger partial charge in [-0.05, 0) is 29.4 Å². The van der Waals surface area contributed by atoms with E-state index < -0.39 is 11.7 Å². The maximum Gasteiger partial charge on any atom is 0.417 e. The highest BCUT2D eigenvalue weighted by Crippen LogP contribution is 2.34. The van der Waals surface area contributed by atoms with Crippen molar-refractivity contribution in [1.29, 1.82) is 0 Å². The lowest BCUT2D eigenvalue weighted by Gasteiger charge is -2.19. The maximum absolute atomic E-state index is 13.2. The number of pyridine rings is 1. The third kappa shape index (κ3) is 7.17. The van der Waals surface area contributed by atoms with Crippen molar-refractivity contribution in [3.05, 3.63) is 64.6 Å². The molecule has 5 nitrogen and oxygen atoms in total. The summed E-state index contributed by atoms with van der Waals surface area (Å²) < 4.78 is 43.2. The highest BCUT2D eigenvalue weighted by Gasteiger charge is 2.32. The molecule has 0 N–H and O–H groups in total. The Morgan fingerprint density at radius 3 is 2.36 bits per heavy atom. The Morgan fingerprint density at radius 2 is 1.72 bits per heavy atom. The van der Waals surface area contributed by atoms with Crippen LogP contribution in [-0.2, 0) is 23.9 Å². The summed E-state index contributed by atoms with van der Waals surface area (Å²) in [5.41, 5.74) is 2.41. The van der Waals surface area contributed by atoms with Crippen molar-refractivity contribution in [1.82, 2.24) is 24.1 Å². The lowest BCUT2D eigenvalue weighted by molar-refractivity contribution is -0.137. The summed E-state index contributed by atoms with van der Waals surface area (Å²) >= 11 is 7.60. The first-order valence-corrected chi connectivity index (χ1v) is 14.6. The van der Waals surface area contributed by atoms with Crippen LogP contribution in [0.2, 0.25) is 5.02 Å². The summed E-state index contributed by atoms with van der Waals surface area (Å²) in [6, 6.07) is 9.39. The molecule has 1 aromatic carbocycles. The Bertz CT molecular complexity index is 1400. The van der Waals surface area contributed by atoms with Crippen LogP contribution in [-0.4, -0.2) is 24.1 Å². The van der Waals surface area contributed by atoms with Gasteiger partial charge < -0.3 is 8.97 Å². The second-order valence-corrected chi connectivity index (χ2v) is 12.5. The lowest BCUT2D eigenvalue weighted by atomic mass is 9.86. The quantitative estimate of drug-likeness (QED) is 0.139. The van der Waals surface area contributed by atoms with Crippen LogP contribution >= 0.6 is 23.4 Å². The van der Waals surface area contributed by atoms with Crippen LogP contribution in [0, 0.1) is 5.92 Å². The molecule has 0 spiro atoms. The SMILES string of the molecule is CCCCC[C@@H](C)Cn1c(SCc2cn3cc(C(F)(F)F)cc(Cl)c3n2)nnc1-c1ccc(C(C)(C)C)cc1. The fourth-order valence-corrected chi connectivity index (χ4v) is 5.60. The number of aromatic nitrogens is 5. The summed E-state index contributed by atoms with van der Waals surface area (Å²) in [5, 5.41) is 9.79. The molecule has 0 aliphatic heterocycles. The van der Waals surface area contributed by atoms with Gasteiger partial charge in [-0.2, -0.15) is 13.2 Å². The molecule has 0 aliphatic carbocycles. The van der Waals surface area contributed by atoms with Gasteiger partial charge in [-0.25, -0.2) is 4.98 Å². The van der Waals surface area contributed by atoms with Crippen LogP contribution in [0.1, 0.15) is 77.1 Å². The van der Waals surface area contributed by atoms with Gasteiger partial charge in [-0.3, -0.25) is 0 Å². The van der Waals surface area contributed by atoms with Crippen molar-refractivity contribution < 1.29 is 13.2 Å². The average Bonchev–Trinajstić information content (AvgIpc) is 3.46. The molecular formula is C29H35ClF3N5S. The zero-order valence-corrected chi connectivity index (χ0v) is 24.6. The van der Waals surface area contributed by atoms with E-state index >= 15 is 0 Å². The van der Waals surface area contributed by atoms with E-state index in [2.05, 4.69) is 78.6 Å². The summed E-state index contributed by atoms with van der Waals surface area (Å²) in [5.74, 6) is 1.67. The minimum Gasteiger partial charge on any atom is -0.305 e. The van der Waals surface area contributed by atoms with E-state index in [-0.39, 0.29) is 10.4 Å². The molecule has 10 heteroatoms. The number of nitrogens with zero attached hydrogens (tertiary/aromatic N) is 5. The molecule has 210 valence electrons. The Labute approximate surface area is 237 Å². The largest absolute Gasteiger partial charge is 0.417 e. The highest BCUT2D eigenvalue weighted by atomic mass is 35.5. The summed E-state index contributed by atoms with van der Waals surface area (Å²) in [6.45, 7) is 11.8. The molecule has 1 atom stereocenters. The average molecular weight is 578 g/mol. The van der Waals surface area contributed by atoms with Crippen LogP contribution in [0.5, 0.6) is 0 Å². The zero-order chi connectivity index (χ0) is 28.4. The zero-order valence-electron chi connectivity index (χ0n) is 23.0. The molecule has 0 saturated carbocycles. The van der Waals surface area contributed by atoms with E-state index in [1.165, 1.54) is 41.0 Å². The number of imidazole rings is 1. The van der Waals surface area contributed by atoms with E-state index in [0.717, 1.165) is 41.8 Å². The molecule has 0 radical (unpaired) electrons. The van der Waals surface area contributed by atoms with Gasteiger partial charge in [0, 0.05) is 30.3 Å². The first-order chi connectivity index (χ1) is 18.4. The number of halogens is 4. The van der Waals surface area contributed by atoms with Crippen LogP contribution in [0.3, 0.4) is 0 Å². The van der Waals surface area contributed by atoms with Crippen LogP contribution in [0.15, 0.2) is 47.9 Å². The Morgan fingerprint density at radius 1 is 1.00 bits per heavy atom. The lowest BCUT2D eigenvalue weighted by Crippen LogP contribution is -2.12. The number of fused-ring (bicyclic) bond motifs is 1. The Hall–Kier alpha value is -2.52. The predicted molar refractivity (Wildman–Crippen MR) is 152 cm³/mol. The van der Waals surface area contributed by atoms with Crippen molar-refractivity contribution in [2.45, 2.75) is 89.3 Å². The first kappa shape index (κ1) is 29.5. The van der Waals surface area contributed by atoms with Crippen molar-refractivity contribution >= 4 is 29.0 Å². The molecule has 0 fully saturated rings. The maximum atomic E-state index is 13.2. The standard InChI is InChI=1S/C29H35ClF3N5S/c1-6-7-8-9-19(2)15-38-25(20-10-12-21(13-11-20)28(3,4)5)35-36-27(38)39-18-23-17-37-16-22(29(31,32)33)14-24(30)26(37)34-23/h10-14,16-17,19H,6-9,15,18H2,1-5H3/t19-/m1/s1. The number of alkyl halides is 3. The van der Waals surface area contributed by atoms with Gasteiger partial charge in [0.15, 0.2) is 16.6 Å². The molecule has 39 heavy (non-hydrogen) atoms. The van der Waals surface area contributed by atoms with Gasteiger partial charge in [-0.15, -0.1) is 10.2 Å². The molecular weight excluding hydrogens is 543 g/mol. The van der Waals surface area contributed by atoms with Crippen LogP contribution in [0.4, 0.5) is 13.2 Å². The molecule has 0 unspecified atom stereocenters. The molecule has 0 saturated heterocycles. The molecule has 0 amide bonds. The molecule has 4 aromatic rings. The number of thioether (sulfide) groups is 1. The molecule has 4 rings (SSSR count). The molecule has 3 aromatic heterocycles. The van der Waals surface area contributed by atoms with E-state index in [1.807, 2.05) is 0 Å². The third-order valence-corrected chi connectivity index (χ3v) is 8.03. The molecule has 0 bridgehead atoms. The van der Waals surface area contributed by atoms with Crippen molar-refractivity contribution in [2.24, 2.45) is 5.92 Å². The molecule has 0 aliphatic rings. The summed E-state index contributed by atoms with van der Waals surface area (Å²) in [7, 11) is 0. The van der Waals surface area contributed by atoms with E-state index in [4.69, 9.17) is 11.6 Å². The Balaban J connectivity index is 1.60. The van der Waals surface area contributed by atoms with Crippen LogP contribution < -0.4 is 0 Å². The third-order valence-electron chi connectivity index (χ3n) is 6.75. The summed E-state index contributed by atoms with van der Waals surface area (Å²) in [6.07, 6.45) is 2.81. The van der Waals surface area contributed by atoms with Crippen molar-refractivity contribution in [3.63, 3.8) is 0 Å². The number of hydrogen-bond donors (Lipinski definition) is 0. The normalized spacial score (nSPS) is 13.4. The van der Waals surface area contributed by atoms with E-state index in [0.29, 0.717) is 23.0 Å². The van der Waals surface area contributed by atoms with Gasteiger partial charge >= 0.3 is 6.18 Å². The van der Waals surface area contributed by atoms with Crippen molar-refractivity contribution in [2.75, 3.05) is 0 Å². The number of hydrogen-bond acceptors (Lipinski definition) is 4. The van der Waals surface area contributed by atoms with Gasteiger partial charge in [0.2, 0.25) is 0 Å². The number of benzene rings is 1. The van der Waals surface area contributed by atoms with Crippen molar-refractivity contribution in [3.8, 4) is 11.4 Å². The fraction of sp³-hybridized carbons (Fsp3) is 0.483. The second kappa shape index (κ2) is 11.9. The van der Waals surface area contributed by atoms with Gasteiger partial charge in [-0.1, -0.05) is 102 Å². The van der Waals surface area contributed by atoms with Gasteiger partial charge in [0.05, 0.1) is 16.3 Å². The predicted octanol–water partition coefficient (Wildman–Crippen LogP) is 9.07. The Kier molecular flexibility index (Phi) is 9.01. The number of unbranched alkanes of at least 4 members (excludes halogenated alkanes) is 2. The minimum atomic E-state index is -4.48. The fourth-order valence-electron chi connectivity index (χ4n) is 4.51. The number of rotatable bonds is 10. The van der Waals surface area contributed by atoms with E-state index in [1.54, 1.807) is 6.20 Å². The first-order valence-electron chi connectivity index (χ1n) is 13.3. The molecule has 3 heterocycles. The van der Waals surface area contributed by atoms with Gasteiger partial charge in [0.25, 0.3) is 0 Å². The van der Waals surface area contributed by atoms with Crippen LogP contribution in [0.25, 0.3) is 17.0 Å².